The van der Waals surface area contributed by atoms with E-state index in [9.17, 15) is 10.2 Å². The summed E-state index contributed by atoms with van der Waals surface area (Å²) in [6, 6.07) is 13.0. The maximum Gasteiger partial charge on any atom is 0.165 e. The topological polar surface area (TPSA) is 40.5 Å². The van der Waals surface area contributed by atoms with Crippen LogP contribution in [0.2, 0.25) is 0 Å². The summed E-state index contributed by atoms with van der Waals surface area (Å²) in [4.78, 5) is 0. The van der Waals surface area contributed by atoms with E-state index in [1.54, 1.807) is 12.1 Å². The van der Waals surface area contributed by atoms with Gasteiger partial charge in [0.15, 0.2) is 11.5 Å². The van der Waals surface area contributed by atoms with Gasteiger partial charge in [-0.05, 0) is 23.1 Å². The van der Waals surface area contributed by atoms with Gasteiger partial charge in [-0.1, -0.05) is 50.2 Å². The Hall–Kier alpha value is -1.96. The van der Waals surface area contributed by atoms with Gasteiger partial charge in [0.1, 0.15) is 0 Å². The average molecular weight is 228 g/mol. The molecule has 0 radical (unpaired) electrons. The van der Waals surface area contributed by atoms with Crippen molar-refractivity contribution in [3.63, 3.8) is 0 Å². The van der Waals surface area contributed by atoms with E-state index in [4.69, 9.17) is 0 Å². The van der Waals surface area contributed by atoms with Crippen LogP contribution < -0.4 is 0 Å². The molecule has 0 heterocycles. The molecule has 0 aromatic heterocycles. The van der Waals surface area contributed by atoms with Crippen molar-refractivity contribution in [3.05, 3.63) is 48.0 Å². The van der Waals surface area contributed by atoms with Crippen LogP contribution in [0.25, 0.3) is 11.1 Å². The molecule has 0 unspecified atom stereocenters. The fourth-order valence-electron chi connectivity index (χ4n) is 1.83. The fourth-order valence-corrected chi connectivity index (χ4v) is 1.83. The average Bonchev–Trinajstić information content (AvgIpc) is 2.33. The molecule has 0 aliphatic carbocycles. The number of hydrogen-bond donors (Lipinski definition) is 2. The number of aromatic hydroxyl groups is 2. The van der Waals surface area contributed by atoms with E-state index in [1.165, 1.54) is 11.6 Å². The van der Waals surface area contributed by atoms with Crippen molar-refractivity contribution in [1.29, 1.82) is 0 Å². The zero-order chi connectivity index (χ0) is 12.4. The van der Waals surface area contributed by atoms with E-state index in [2.05, 4.69) is 19.9 Å². The highest BCUT2D eigenvalue weighted by atomic mass is 16.3. The molecule has 0 saturated carbocycles. The first-order chi connectivity index (χ1) is 8.09. The first-order valence-electron chi connectivity index (χ1n) is 5.71. The van der Waals surface area contributed by atoms with Gasteiger partial charge in [-0.2, -0.15) is 0 Å². The van der Waals surface area contributed by atoms with Gasteiger partial charge in [0, 0.05) is 5.56 Å². The maximum atomic E-state index is 9.83. The predicted octanol–water partition coefficient (Wildman–Crippen LogP) is 3.89. The van der Waals surface area contributed by atoms with Gasteiger partial charge in [0.2, 0.25) is 0 Å². The number of para-hydroxylation sites is 1. The Balaban J connectivity index is 2.53. The van der Waals surface area contributed by atoms with Gasteiger partial charge < -0.3 is 10.2 Å². The van der Waals surface area contributed by atoms with Gasteiger partial charge in [0.25, 0.3) is 0 Å². The number of phenolic OH excluding ortho intramolecular Hbond substituents is 2. The molecule has 2 N–H and O–H groups in total. The van der Waals surface area contributed by atoms with Crippen molar-refractivity contribution in [1.82, 2.24) is 0 Å². The Morgan fingerprint density at radius 3 is 2.35 bits per heavy atom. The van der Waals surface area contributed by atoms with E-state index in [0.29, 0.717) is 11.5 Å². The van der Waals surface area contributed by atoms with Crippen LogP contribution in [-0.2, 0) is 0 Å². The molecule has 0 aliphatic rings. The third-order valence-corrected chi connectivity index (χ3v) is 2.88. The van der Waals surface area contributed by atoms with Crippen molar-refractivity contribution in [2.24, 2.45) is 0 Å². The maximum absolute atomic E-state index is 9.83. The number of rotatable bonds is 2. The largest absolute Gasteiger partial charge is 0.504 e. The van der Waals surface area contributed by atoms with E-state index >= 15 is 0 Å². The summed E-state index contributed by atoms with van der Waals surface area (Å²) in [5, 5.41) is 19.3. The molecular formula is C15H16O2. The lowest BCUT2D eigenvalue weighted by atomic mass is 9.97. The van der Waals surface area contributed by atoms with Crippen LogP contribution >= 0.6 is 0 Å². The number of hydrogen-bond acceptors (Lipinski definition) is 2. The lowest BCUT2D eigenvalue weighted by Gasteiger charge is -2.10. The molecule has 0 amide bonds. The second-order valence-electron chi connectivity index (χ2n) is 4.45. The van der Waals surface area contributed by atoms with Crippen LogP contribution in [0.3, 0.4) is 0 Å². The molecule has 2 rings (SSSR count). The van der Waals surface area contributed by atoms with Crippen molar-refractivity contribution in [3.8, 4) is 22.6 Å². The standard InChI is InChI=1S/C15H16O2/c1-10(2)11-5-3-6-12(9-11)13-7-4-8-14(16)15(13)17/h3-10,16-17H,1-2H3. The first kappa shape index (κ1) is 11.5. The molecule has 17 heavy (non-hydrogen) atoms. The summed E-state index contributed by atoms with van der Waals surface area (Å²) < 4.78 is 0. The minimum atomic E-state index is -0.0857. The van der Waals surface area contributed by atoms with E-state index in [0.717, 1.165) is 5.56 Å². The van der Waals surface area contributed by atoms with Crippen molar-refractivity contribution < 1.29 is 10.2 Å². The zero-order valence-electron chi connectivity index (χ0n) is 10.0. The third kappa shape index (κ3) is 2.26. The van der Waals surface area contributed by atoms with Gasteiger partial charge in [-0.3, -0.25) is 0 Å². The van der Waals surface area contributed by atoms with E-state index in [1.807, 2.05) is 18.2 Å². The Labute approximate surface area is 101 Å². The normalized spacial score (nSPS) is 10.8. The van der Waals surface area contributed by atoms with Crippen LogP contribution in [-0.4, -0.2) is 10.2 Å². The molecule has 88 valence electrons. The quantitative estimate of drug-likeness (QED) is 0.765. The summed E-state index contributed by atoms with van der Waals surface area (Å²) in [5.74, 6) is 0.292. The molecule has 0 saturated heterocycles. The van der Waals surface area contributed by atoms with Gasteiger partial charge >= 0.3 is 0 Å². The summed E-state index contributed by atoms with van der Waals surface area (Å²) in [7, 11) is 0. The molecule has 2 nitrogen and oxygen atoms in total. The Bertz CT molecular complexity index is 530. The molecule has 0 bridgehead atoms. The highest BCUT2D eigenvalue weighted by Gasteiger charge is 2.09. The summed E-state index contributed by atoms with van der Waals surface area (Å²) >= 11 is 0. The van der Waals surface area contributed by atoms with Crippen LogP contribution in [0, 0.1) is 0 Å². The molecule has 2 aromatic carbocycles. The Morgan fingerprint density at radius 2 is 1.65 bits per heavy atom. The molecule has 0 atom stereocenters. The Kier molecular flexibility index (Phi) is 3.05. The lowest BCUT2D eigenvalue weighted by molar-refractivity contribution is 0.405. The van der Waals surface area contributed by atoms with Gasteiger partial charge in [-0.15, -0.1) is 0 Å². The number of phenols is 2. The molecular weight excluding hydrogens is 212 g/mol. The summed E-state index contributed by atoms with van der Waals surface area (Å²) in [6.45, 7) is 4.25. The molecule has 2 aromatic rings. The highest BCUT2D eigenvalue weighted by molar-refractivity contribution is 5.73. The number of benzene rings is 2. The second kappa shape index (κ2) is 4.50. The van der Waals surface area contributed by atoms with E-state index in [-0.39, 0.29) is 11.5 Å². The van der Waals surface area contributed by atoms with E-state index < -0.39 is 0 Å². The van der Waals surface area contributed by atoms with Gasteiger partial charge in [0.05, 0.1) is 0 Å². The fraction of sp³-hybridized carbons (Fsp3) is 0.200. The first-order valence-corrected chi connectivity index (χ1v) is 5.71. The summed E-state index contributed by atoms with van der Waals surface area (Å²) in [5.41, 5.74) is 2.79. The molecule has 2 heteroatoms. The van der Waals surface area contributed by atoms with Gasteiger partial charge in [-0.25, -0.2) is 0 Å². The van der Waals surface area contributed by atoms with Crippen LogP contribution in [0.5, 0.6) is 11.5 Å². The SMILES string of the molecule is CC(C)c1cccc(-c2cccc(O)c2O)c1. The van der Waals surface area contributed by atoms with Crippen LogP contribution in [0.4, 0.5) is 0 Å². The third-order valence-electron chi connectivity index (χ3n) is 2.88. The van der Waals surface area contributed by atoms with Crippen molar-refractivity contribution in [2.45, 2.75) is 19.8 Å². The second-order valence-corrected chi connectivity index (χ2v) is 4.45. The Morgan fingerprint density at radius 1 is 0.941 bits per heavy atom. The predicted molar refractivity (Wildman–Crippen MR) is 69.3 cm³/mol. The smallest absolute Gasteiger partial charge is 0.165 e. The lowest BCUT2D eigenvalue weighted by Crippen LogP contribution is -1.88. The zero-order valence-corrected chi connectivity index (χ0v) is 10.0. The molecule has 0 aliphatic heterocycles. The highest BCUT2D eigenvalue weighted by Crippen LogP contribution is 2.36. The monoisotopic (exact) mass is 228 g/mol. The van der Waals surface area contributed by atoms with Crippen LogP contribution in [0.15, 0.2) is 42.5 Å². The van der Waals surface area contributed by atoms with Crippen molar-refractivity contribution in [2.75, 3.05) is 0 Å². The van der Waals surface area contributed by atoms with Crippen LogP contribution in [0.1, 0.15) is 25.3 Å². The minimum absolute atomic E-state index is 0.0617. The molecule has 0 spiro atoms. The minimum Gasteiger partial charge on any atom is -0.504 e. The molecule has 0 fully saturated rings. The summed E-state index contributed by atoms with van der Waals surface area (Å²) in [6.07, 6.45) is 0. The van der Waals surface area contributed by atoms with Crippen molar-refractivity contribution >= 4 is 0 Å².